The number of hydrogen-bond acceptors (Lipinski definition) is 5. The van der Waals surface area contributed by atoms with Crippen molar-refractivity contribution in [1.82, 2.24) is 10.2 Å². The summed E-state index contributed by atoms with van der Waals surface area (Å²) in [6.45, 7) is 5.49. The van der Waals surface area contributed by atoms with E-state index >= 15 is 0 Å². The molecular formula is C36H38Cl3N3O5S. The molecule has 1 atom stereocenters. The zero-order valence-corrected chi connectivity index (χ0v) is 30.2. The Bertz CT molecular complexity index is 1840. The van der Waals surface area contributed by atoms with Crippen LogP contribution in [0.15, 0.2) is 95.9 Å². The zero-order valence-electron chi connectivity index (χ0n) is 27.1. The molecule has 0 saturated carbocycles. The van der Waals surface area contributed by atoms with Crippen molar-refractivity contribution in [3.63, 3.8) is 0 Å². The number of hydrogen-bond donors (Lipinski definition) is 1. The van der Waals surface area contributed by atoms with E-state index in [1.54, 1.807) is 30.3 Å². The number of rotatable bonds is 14. The molecule has 4 aromatic carbocycles. The first-order valence-electron chi connectivity index (χ1n) is 15.3. The minimum Gasteiger partial charge on any atom is -0.495 e. The van der Waals surface area contributed by atoms with Crippen molar-refractivity contribution in [1.29, 1.82) is 0 Å². The lowest BCUT2D eigenvalue weighted by Gasteiger charge is -2.34. The molecule has 1 N–H and O–H groups in total. The molecule has 0 aliphatic heterocycles. The molecule has 0 fully saturated rings. The Hall–Kier alpha value is -3.76. The van der Waals surface area contributed by atoms with E-state index in [9.17, 15) is 18.0 Å². The van der Waals surface area contributed by atoms with Gasteiger partial charge in [-0.2, -0.15) is 0 Å². The molecule has 48 heavy (non-hydrogen) atoms. The van der Waals surface area contributed by atoms with E-state index in [4.69, 9.17) is 39.5 Å². The van der Waals surface area contributed by atoms with Gasteiger partial charge >= 0.3 is 0 Å². The van der Waals surface area contributed by atoms with E-state index < -0.39 is 28.5 Å². The van der Waals surface area contributed by atoms with Gasteiger partial charge in [-0.1, -0.05) is 103 Å². The lowest BCUT2D eigenvalue weighted by Crippen LogP contribution is -2.53. The Labute approximate surface area is 297 Å². The van der Waals surface area contributed by atoms with Gasteiger partial charge in [-0.3, -0.25) is 13.9 Å². The number of amides is 2. The summed E-state index contributed by atoms with van der Waals surface area (Å²) in [5, 5.41) is 3.74. The first-order chi connectivity index (χ1) is 22.8. The van der Waals surface area contributed by atoms with Crippen molar-refractivity contribution in [2.75, 3.05) is 24.5 Å². The number of carbonyl (C=O) groups is 2. The number of benzene rings is 4. The molecule has 12 heteroatoms. The van der Waals surface area contributed by atoms with Gasteiger partial charge in [-0.05, 0) is 66.4 Å². The Morgan fingerprint density at radius 3 is 2.12 bits per heavy atom. The molecule has 4 aromatic rings. The number of nitrogens with zero attached hydrogens (tertiary/aromatic N) is 2. The molecule has 0 aliphatic rings. The van der Waals surface area contributed by atoms with Crippen molar-refractivity contribution in [2.45, 2.75) is 44.7 Å². The van der Waals surface area contributed by atoms with Crippen LogP contribution in [0.2, 0.25) is 15.1 Å². The van der Waals surface area contributed by atoms with Gasteiger partial charge < -0.3 is 15.0 Å². The number of methoxy groups -OCH3 is 1. The predicted molar refractivity (Wildman–Crippen MR) is 193 cm³/mol. The summed E-state index contributed by atoms with van der Waals surface area (Å²) in [7, 11) is -2.85. The average molecular weight is 731 g/mol. The number of halogens is 3. The maximum atomic E-state index is 14.6. The fourth-order valence-corrected chi connectivity index (χ4v) is 6.97. The first-order valence-corrected chi connectivity index (χ1v) is 17.9. The standard InChI is InChI=1S/C36H38Cl3N3O5S/c1-24(2)21-40-36(44)33(19-26-8-6-5-7-9-26)41(22-27-12-16-30(37)31(38)18-27)35(43)23-42(28-13-17-34(47-4)32(39)20-28)48(45,46)29-14-10-25(3)11-15-29/h5-18,20,24,33H,19,21-23H2,1-4H3,(H,40,44)/t33-/m1/s1. The van der Waals surface area contributed by atoms with Gasteiger partial charge in [0.15, 0.2) is 0 Å². The van der Waals surface area contributed by atoms with Gasteiger partial charge in [0.1, 0.15) is 18.3 Å². The minimum absolute atomic E-state index is 0.0145. The number of sulfonamides is 1. The molecule has 0 aliphatic carbocycles. The van der Waals surface area contributed by atoms with Crippen molar-refractivity contribution >= 4 is 62.3 Å². The van der Waals surface area contributed by atoms with E-state index in [1.165, 1.54) is 42.3 Å². The van der Waals surface area contributed by atoms with Crippen LogP contribution in [0, 0.1) is 12.8 Å². The molecule has 0 saturated heterocycles. The molecule has 2 amide bonds. The number of aryl methyl sites for hydroxylation is 1. The van der Waals surface area contributed by atoms with Gasteiger partial charge in [0.05, 0.1) is 32.8 Å². The van der Waals surface area contributed by atoms with Crippen LogP contribution >= 0.6 is 34.8 Å². The monoisotopic (exact) mass is 729 g/mol. The Morgan fingerprint density at radius 2 is 1.52 bits per heavy atom. The third kappa shape index (κ3) is 9.44. The van der Waals surface area contributed by atoms with Gasteiger partial charge in [0.25, 0.3) is 10.0 Å². The van der Waals surface area contributed by atoms with E-state index in [-0.39, 0.29) is 45.4 Å². The summed E-state index contributed by atoms with van der Waals surface area (Å²) in [5.74, 6) is -0.503. The Balaban J connectivity index is 1.84. The fraction of sp³-hybridized carbons (Fsp3) is 0.278. The van der Waals surface area contributed by atoms with E-state index in [2.05, 4.69) is 5.32 Å². The van der Waals surface area contributed by atoms with Crippen LogP contribution < -0.4 is 14.4 Å². The van der Waals surface area contributed by atoms with E-state index in [1.807, 2.05) is 51.1 Å². The molecule has 0 spiro atoms. The normalized spacial score (nSPS) is 12.0. The summed E-state index contributed by atoms with van der Waals surface area (Å²) < 4.78 is 34.8. The second kappa shape index (κ2) is 16.6. The molecule has 8 nitrogen and oxygen atoms in total. The maximum Gasteiger partial charge on any atom is 0.264 e. The van der Waals surface area contributed by atoms with Crippen LogP contribution in [-0.4, -0.2) is 51.4 Å². The van der Waals surface area contributed by atoms with Crippen LogP contribution in [0.5, 0.6) is 5.75 Å². The summed E-state index contributed by atoms with van der Waals surface area (Å²) >= 11 is 19.0. The lowest BCUT2D eigenvalue weighted by atomic mass is 10.0. The molecule has 0 aromatic heterocycles. The highest BCUT2D eigenvalue weighted by Crippen LogP contribution is 2.33. The van der Waals surface area contributed by atoms with Gasteiger partial charge in [-0.25, -0.2) is 8.42 Å². The SMILES string of the molecule is COc1ccc(N(CC(=O)N(Cc2ccc(Cl)c(Cl)c2)[C@H](Cc2ccccc2)C(=O)NCC(C)C)S(=O)(=O)c2ccc(C)cc2)cc1Cl. The molecule has 4 rings (SSSR count). The summed E-state index contributed by atoms with van der Waals surface area (Å²) in [5.41, 5.74) is 2.44. The predicted octanol–water partition coefficient (Wildman–Crippen LogP) is 7.57. The molecule has 0 unspecified atom stereocenters. The number of ether oxygens (including phenoxy) is 1. The maximum absolute atomic E-state index is 14.6. The molecular weight excluding hydrogens is 693 g/mol. The van der Waals surface area contributed by atoms with Crippen LogP contribution in [0.1, 0.15) is 30.5 Å². The zero-order chi connectivity index (χ0) is 35.0. The summed E-state index contributed by atoms with van der Waals surface area (Å²) in [4.78, 5) is 29.9. The van der Waals surface area contributed by atoms with Crippen LogP contribution in [0.25, 0.3) is 0 Å². The van der Waals surface area contributed by atoms with E-state index in [0.29, 0.717) is 22.9 Å². The van der Waals surface area contributed by atoms with Crippen molar-refractivity contribution in [3.05, 3.63) is 123 Å². The third-order valence-electron chi connectivity index (χ3n) is 7.60. The summed E-state index contributed by atoms with van der Waals surface area (Å²) in [6, 6.07) is 24.1. The topological polar surface area (TPSA) is 96.0 Å². The van der Waals surface area contributed by atoms with Crippen LogP contribution in [0.4, 0.5) is 5.69 Å². The third-order valence-corrected chi connectivity index (χ3v) is 10.4. The smallest absolute Gasteiger partial charge is 0.264 e. The summed E-state index contributed by atoms with van der Waals surface area (Å²) in [6.07, 6.45) is 0.177. The quantitative estimate of drug-likeness (QED) is 0.144. The number of anilines is 1. The molecule has 0 radical (unpaired) electrons. The molecule has 0 heterocycles. The number of nitrogens with one attached hydrogen (secondary N) is 1. The fourth-order valence-electron chi connectivity index (χ4n) is 4.99. The van der Waals surface area contributed by atoms with Crippen LogP contribution in [-0.2, 0) is 32.6 Å². The first kappa shape index (κ1) is 37.1. The highest BCUT2D eigenvalue weighted by molar-refractivity contribution is 7.92. The average Bonchev–Trinajstić information content (AvgIpc) is 3.06. The van der Waals surface area contributed by atoms with Crippen molar-refractivity contribution < 1.29 is 22.7 Å². The van der Waals surface area contributed by atoms with Crippen molar-refractivity contribution in [3.8, 4) is 5.75 Å². The second-order valence-electron chi connectivity index (χ2n) is 11.8. The highest BCUT2D eigenvalue weighted by atomic mass is 35.5. The Morgan fingerprint density at radius 1 is 0.833 bits per heavy atom. The minimum atomic E-state index is -4.30. The highest BCUT2D eigenvalue weighted by Gasteiger charge is 2.35. The largest absolute Gasteiger partial charge is 0.495 e. The lowest BCUT2D eigenvalue weighted by molar-refractivity contribution is -0.140. The number of carbonyl (C=O) groups excluding carboxylic acids is 2. The Kier molecular flexibility index (Phi) is 12.8. The van der Waals surface area contributed by atoms with E-state index in [0.717, 1.165) is 15.4 Å². The van der Waals surface area contributed by atoms with Gasteiger partial charge in [-0.15, -0.1) is 0 Å². The van der Waals surface area contributed by atoms with Gasteiger partial charge in [0, 0.05) is 19.5 Å². The second-order valence-corrected chi connectivity index (χ2v) is 14.8. The van der Waals surface area contributed by atoms with Gasteiger partial charge in [0.2, 0.25) is 11.8 Å². The van der Waals surface area contributed by atoms with Crippen LogP contribution in [0.3, 0.4) is 0 Å². The molecule has 254 valence electrons. The van der Waals surface area contributed by atoms with Crippen molar-refractivity contribution in [2.24, 2.45) is 5.92 Å². The molecule has 0 bridgehead atoms.